The lowest BCUT2D eigenvalue weighted by molar-refractivity contribution is 0.0892. The molecule has 1 unspecified atom stereocenters. The number of methoxy groups -OCH3 is 2. The van der Waals surface area contributed by atoms with Gasteiger partial charge in [-0.2, -0.15) is 0 Å². The van der Waals surface area contributed by atoms with E-state index < -0.39 is 5.82 Å². The third kappa shape index (κ3) is 5.09. The quantitative estimate of drug-likeness (QED) is 0.608. The van der Waals surface area contributed by atoms with Crippen molar-refractivity contribution in [2.45, 2.75) is 46.1 Å². The molecule has 0 saturated carbocycles. The molecule has 4 nitrogen and oxygen atoms in total. The van der Waals surface area contributed by atoms with Gasteiger partial charge in [0.05, 0.1) is 19.8 Å². The molecule has 1 heterocycles. The SMILES string of the molecule is CC.COc1cc2c(c(F)c1OC)C(=O)C(CC1CCN(Cc3ccccc3)CC1)C2. The highest BCUT2D eigenvalue weighted by molar-refractivity contribution is 6.03. The molecular formula is C26H34FNO3. The molecule has 1 atom stereocenters. The lowest BCUT2D eigenvalue weighted by atomic mass is 9.85. The van der Waals surface area contributed by atoms with Crippen molar-refractivity contribution in [3.63, 3.8) is 0 Å². The van der Waals surface area contributed by atoms with E-state index >= 15 is 0 Å². The van der Waals surface area contributed by atoms with Crippen molar-refractivity contribution in [1.82, 2.24) is 4.90 Å². The first-order valence-electron chi connectivity index (χ1n) is 11.3. The second-order valence-electron chi connectivity index (χ2n) is 8.17. The molecule has 0 radical (unpaired) electrons. The molecule has 1 fully saturated rings. The normalized spacial score (nSPS) is 18.9. The van der Waals surface area contributed by atoms with E-state index in [9.17, 15) is 9.18 Å². The summed E-state index contributed by atoms with van der Waals surface area (Å²) in [5.74, 6) is 0.0946. The lowest BCUT2D eigenvalue weighted by Crippen LogP contribution is -2.34. The van der Waals surface area contributed by atoms with Crippen LogP contribution < -0.4 is 9.47 Å². The number of likely N-dealkylation sites (tertiary alicyclic amines) is 1. The number of hydrogen-bond donors (Lipinski definition) is 0. The van der Waals surface area contributed by atoms with E-state index in [0.29, 0.717) is 18.1 Å². The Morgan fingerprint density at radius 2 is 1.74 bits per heavy atom. The van der Waals surface area contributed by atoms with E-state index in [-0.39, 0.29) is 23.0 Å². The largest absolute Gasteiger partial charge is 0.493 e. The van der Waals surface area contributed by atoms with Crippen molar-refractivity contribution in [2.24, 2.45) is 11.8 Å². The zero-order chi connectivity index (χ0) is 22.4. The molecule has 0 bridgehead atoms. The highest BCUT2D eigenvalue weighted by atomic mass is 19.1. The van der Waals surface area contributed by atoms with Crippen molar-refractivity contribution in [3.05, 3.63) is 58.9 Å². The summed E-state index contributed by atoms with van der Waals surface area (Å²) in [5.41, 5.74) is 2.29. The molecule has 31 heavy (non-hydrogen) atoms. The molecule has 2 aliphatic rings. The van der Waals surface area contributed by atoms with Crippen LogP contribution in [0.15, 0.2) is 36.4 Å². The summed E-state index contributed by atoms with van der Waals surface area (Å²) in [5, 5.41) is 0. The van der Waals surface area contributed by atoms with Gasteiger partial charge >= 0.3 is 0 Å². The molecule has 2 aromatic carbocycles. The predicted octanol–water partition coefficient (Wildman–Crippen LogP) is 5.53. The van der Waals surface area contributed by atoms with E-state index in [1.54, 1.807) is 6.07 Å². The van der Waals surface area contributed by atoms with Gasteiger partial charge < -0.3 is 9.47 Å². The number of piperidine rings is 1. The van der Waals surface area contributed by atoms with Crippen LogP contribution in [0.1, 0.15) is 54.6 Å². The number of rotatable bonds is 6. The Balaban J connectivity index is 0.00000132. The topological polar surface area (TPSA) is 38.8 Å². The number of carbonyl (C=O) groups is 1. The van der Waals surface area contributed by atoms with Crippen molar-refractivity contribution in [1.29, 1.82) is 0 Å². The Labute approximate surface area is 185 Å². The zero-order valence-corrected chi connectivity index (χ0v) is 19.1. The fourth-order valence-electron chi connectivity index (χ4n) is 4.80. The minimum Gasteiger partial charge on any atom is -0.493 e. The average Bonchev–Trinajstić information content (AvgIpc) is 3.12. The second-order valence-corrected chi connectivity index (χ2v) is 8.17. The smallest absolute Gasteiger partial charge is 0.197 e. The zero-order valence-electron chi connectivity index (χ0n) is 19.1. The van der Waals surface area contributed by atoms with Crippen LogP contribution in [0.3, 0.4) is 0 Å². The first-order valence-corrected chi connectivity index (χ1v) is 11.3. The van der Waals surface area contributed by atoms with Gasteiger partial charge in [0.1, 0.15) is 0 Å². The molecule has 0 N–H and O–H groups in total. The van der Waals surface area contributed by atoms with Gasteiger partial charge in [0, 0.05) is 12.5 Å². The average molecular weight is 428 g/mol. The van der Waals surface area contributed by atoms with E-state index in [4.69, 9.17) is 9.47 Å². The molecule has 0 aromatic heterocycles. The molecule has 0 spiro atoms. The molecule has 4 rings (SSSR count). The number of nitrogens with zero attached hydrogens (tertiary/aromatic N) is 1. The number of ketones is 1. The summed E-state index contributed by atoms with van der Waals surface area (Å²) in [7, 11) is 2.88. The first-order chi connectivity index (χ1) is 15.1. The summed E-state index contributed by atoms with van der Waals surface area (Å²) < 4.78 is 25.2. The monoisotopic (exact) mass is 427 g/mol. The van der Waals surface area contributed by atoms with Crippen LogP contribution in [-0.2, 0) is 13.0 Å². The van der Waals surface area contributed by atoms with Crippen molar-refractivity contribution >= 4 is 5.78 Å². The fraction of sp³-hybridized carbons (Fsp3) is 0.500. The third-order valence-corrected chi connectivity index (χ3v) is 6.35. The maximum Gasteiger partial charge on any atom is 0.197 e. The molecule has 1 aliphatic heterocycles. The minimum atomic E-state index is -0.577. The Bertz CT molecular complexity index is 876. The highest BCUT2D eigenvalue weighted by Gasteiger charge is 2.37. The Hall–Kier alpha value is -2.40. The summed E-state index contributed by atoms with van der Waals surface area (Å²) >= 11 is 0. The van der Waals surface area contributed by atoms with E-state index in [0.717, 1.165) is 44.5 Å². The summed E-state index contributed by atoms with van der Waals surface area (Å²) in [6, 6.07) is 12.3. The second kappa shape index (κ2) is 10.8. The van der Waals surface area contributed by atoms with Crippen LogP contribution in [0.5, 0.6) is 11.5 Å². The number of halogens is 1. The van der Waals surface area contributed by atoms with Crippen LogP contribution in [0.2, 0.25) is 0 Å². The third-order valence-electron chi connectivity index (χ3n) is 6.35. The summed E-state index contributed by atoms with van der Waals surface area (Å²) in [6.07, 6.45) is 3.59. The van der Waals surface area contributed by atoms with Crippen LogP contribution in [-0.4, -0.2) is 38.0 Å². The lowest BCUT2D eigenvalue weighted by Gasteiger charge is -2.32. The van der Waals surface area contributed by atoms with Gasteiger partial charge in [0.15, 0.2) is 23.1 Å². The van der Waals surface area contributed by atoms with E-state index in [1.165, 1.54) is 19.8 Å². The Morgan fingerprint density at radius 3 is 2.35 bits per heavy atom. The molecule has 1 saturated heterocycles. The summed E-state index contributed by atoms with van der Waals surface area (Å²) in [6.45, 7) is 7.07. The standard InChI is InChI=1S/C24H28FNO3.C2H6/c1-28-20-14-18-13-19(23(27)21(18)22(25)24(20)29-2)12-16-8-10-26(11-9-16)15-17-6-4-3-5-7-17;1-2/h3-7,14,16,19H,8-13,15H2,1-2H3;1-2H3. The van der Waals surface area contributed by atoms with Crippen LogP contribution in [0.25, 0.3) is 0 Å². The Kier molecular flexibility index (Phi) is 8.08. The van der Waals surface area contributed by atoms with Crippen LogP contribution in [0.4, 0.5) is 4.39 Å². The Morgan fingerprint density at radius 1 is 1.06 bits per heavy atom. The van der Waals surface area contributed by atoms with Crippen LogP contribution >= 0.6 is 0 Å². The highest BCUT2D eigenvalue weighted by Crippen LogP contribution is 2.42. The van der Waals surface area contributed by atoms with Gasteiger partial charge in [-0.1, -0.05) is 44.2 Å². The van der Waals surface area contributed by atoms with Gasteiger partial charge in [-0.25, -0.2) is 4.39 Å². The van der Waals surface area contributed by atoms with Crippen LogP contribution in [0, 0.1) is 17.7 Å². The van der Waals surface area contributed by atoms with E-state index in [1.807, 2.05) is 19.9 Å². The van der Waals surface area contributed by atoms with Gasteiger partial charge in [-0.15, -0.1) is 0 Å². The van der Waals surface area contributed by atoms with Crippen molar-refractivity contribution < 1.29 is 18.7 Å². The van der Waals surface area contributed by atoms with Gasteiger partial charge in [0.25, 0.3) is 0 Å². The number of Topliss-reactive ketones (excluding diaryl/α,β-unsaturated/α-hetero) is 1. The number of benzene rings is 2. The predicted molar refractivity (Wildman–Crippen MR) is 121 cm³/mol. The molecule has 168 valence electrons. The summed E-state index contributed by atoms with van der Waals surface area (Å²) in [4.78, 5) is 15.4. The number of fused-ring (bicyclic) bond motifs is 1. The maximum absolute atomic E-state index is 14.8. The van der Waals surface area contributed by atoms with E-state index in [2.05, 4.69) is 29.2 Å². The molecule has 5 heteroatoms. The number of ether oxygens (including phenoxy) is 2. The molecular weight excluding hydrogens is 393 g/mol. The van der Waals surface area contributed by atoms with Crippen molar-refractivity contribution in [3.8, 4) is 11.5 Å². The first kappa shape index (κ1) is 23.3. The maximum atomic E-state index is 14.8. The van der Waals surface area contributed by atoms with Crippen molar-refractivity contribution in [2.75, 3.05) is 27.3 Å². The number of carbonyl (C=O) groups excluding carboxylic acids is 1. The van der Waals surface area contributed by atoms with Gasteiger partial charge in [-0.3, -0.25) is 9.69 Å². The van der Waals surface area contributed by atoms with Gasteiger partial charge in [0.2, 0.25) is 0 Å². The molecule has 0 amide bonds. The number of hydrogen-bond acceptors (Lipinski definition) is 4. The molecule has 1 aliphatic carbocycles. The fourth-order valence-corrected chi connectivity index (χ4v) is 4.80. The minimum absolute atomic E-state index is 0.0227. The van der Waals surface area contributed by atoms with Gasteiger partial charge in [-0.05, 0) is 61.9 Å². The molecule has 2 aromatic rings.